The van der Waals surface area contributed by atoms with E-state index in [4.69, 9.17) is 0 Å². The van der Waals surface area contributed by atoms with E-state index in [1.54, 1.807) is 0 Å². The Labute approximate surface area is 53.6 Å². The van der Waals surface area contributed by atoms with Crippen LogP contribution in [0.1, 0.15) is 25.7 Å². The Balaban J connectivity index is 2.34. The average molecular weight is 128 g/mol. The summed E-state index contributed by atoms with van der Waals surface area (Å²) >= 11 is 0. The zero-order valence-corrected chi connectivity index (χ0v) is 6.34. The molecule has 1 fully saturated rings. The molecular weight excluding hydrogens is 115 g/mol. The molecule has 1 aliphatic rings. The van der Waals surface area contributed by atoms with Gasteiger partial charge in [-0.2, -0.15) is 0 Å². The molecule has 1 heteroatoms. The van der Waals surface area contributed by atoms with Crippen molar-refractivity contribution in [2.24, 2.45) is 0 Å². The van der Waals surface area contributed by atoms with Crippen molar-refractivity contribution in [2.75, 3.05) is 0 Å². The van der Waals surface area contributed by atoms with E-state index >= 15 is 0 Å². The lowest BCUT2D eigenvalue weighted by Gasteiger charge is -2.18. The Morgan fingerprint density at radius 3 is 2.75 bits per heavy atom. The maximum Gasteiger partial charge on any atom is -0.0227 e. The van der Waals surface area contributed by atoms with Crippen LogP contribution in [0.2, 0.25) is 0 Å². The third-order valence-electron chi connectivity index (χ3n) is 1.66. The van der Waals surface area contributed by atoms with Gasteiger partial charge in [-0.05, 0) is 31.3 Å². The van der Waals surface area contributed by atoms with Gasteiger partial charge in [-0.15, -0.1) is 9.24 Å². The van der Waals surface area contributed by atoms with Crippen LogP contribution < -0.4 is 0 Å². The van der Waals surface area contributed by atoms with Crippen molar-refractivity contribution in [3.63, 3.8) is 0 Å². The fourth-order valence-electron chi connectivity index (χ4n) is 1.19. The predicted octanol–water partition coefficient (Wildman–Crippen LogP) is 2.36. The van der Waals surface area contributed by atoms with Crippen LogP contribution in [0, 0.1) is 0 Å². The van der Waals surface area contributed by atoms with Crippen LogP contribution in [0.3, 0.4) is 0 Å². The van der Waals surface area contributed by atoms with Gasteiger partial charge in [0.15, 0.2) is 0 Å². The largest absolute Gasteiger partial charge is 0.134 e. The molecule has 1 aliphatic carbocycles. The highest BCUT2D eigenvalue weighted by atomic mass is 31.0. The summed E-state index contributed by atoms with van der Waals surface area (Å²) in [6.07, 6.45) is 5.24. The van der Waals surface area contributed by atoms with Gasteiger partial charge in [0, 0.05) is 0 Å². The number of hydrogen-bond donors (Lipinski definition) is 0. The summed E-state index contributed by atoms with van der Waals surface area (Å²) in [5.41, 5.74) is 2.27. The smallest absolute Gasteiger partial charge is 0.0227 e. The number of rotatable bonds is 0. The third-order valence-corrected chi connectivity index (χ3v) is 2.23. The highest BCUT2D eigenvalue weighted by molar-refractivity contribution is 7.17. The molecule has 1 saturated carbocycles. The van der Waals surface area contributed by atoms with Gasteiger partial charge < -0.3 is 0 Å². The minimum absolute atomic E-state index is 0.830. The van der Waals surface area contributed by atoms with Gasteiger partial charge in [0.25, 0.3) is 0 Å². The lowest BCUT2D eigenvalue weighted by Crippen LogP contribution is -2.05. The van der Waals surface area contributed by atoms with Crippen molar-refractivity contribution >= 4 is 9.24 Å². The van der Waals surface area contributed by atoms with E-state index < -0.39 is 0 Å². The second kappa shape index (κ2) is 2.64. The van der Waals surface area contributed by atoms with Crippen LogP contribution in [0.4, 0.5) is 0 Å². The lowest BCUT2D eigenvalue weighted by molar-refractivity contribution is 0.615. The normalized spacial score (nSPS) is 30.6. The Morgan fingerprint density at radius 2 is 2.38 bits per heavy atom. The van der Waals surface area contributed by atoms with Gasteiger partial charge in [0.1, 0.15) is 0 Å². The van der Waals surface area contributed by atoms with Gasteiger partial charge in [-0.1, -0.05) is 12.2 Å². The zero-order chi connectivity index (χ0) is 5.98. The Hall–Kier alpha value is 0.170. The van der Waals surface area contributed by atoms with Crippen molar-refractivity contribution in [3.8, 4) is 0 Å². The molecule has 46 valence electrons. The lowest BCUT2D eigenvalue weighted by atomic mass is 9.96. The fraction of sp³-hybridized carbons (Fsp3) is 0.714. The summed E-state index contributed by atoms with van der Waals surface area (Å²) in [5, 5.41) is 0. The van der Waals surface area contributed by atoms with Crippen LogP contribution in [0.15, 0.2) is 12.2 Å². The quantitative estimate of drug-likeness (QED) is 0.347. The van der Waals surface area contributed by atoms with Crippen LogP contribution in [-0.2, 0) is 0 Å². The molecule has 0 aromatic carbocycles. The second-order valence-electron chi connectivity index (χ2n) is 2.61. The van der Waals surface area contributed by atoms with Crippen LogP contribution in [0.25, 0.3) is 0 Å². The Kier molecular flexibility index (Phi) is 2.08. The minimum atomic E-state index is 0.830. The molecule has 0 heterocycles. The number of allylic oxidation sites excluding steroid dienone is 1. The molecule has 0 aromatic heterocycles. The van der Waals surface area contributed by atoms with E-state index in [1.165, 1.54) is 31.3 Å². The molecule has 0 aromatic rings. The molecule has 0 N–H and O–H groups in total. The molecule has 2 atom stereocenters. The van der Waals surface area contributed by atoms with Crippen LogP contribution in [0.5, 0.6) is 0 Å². The van der Waals surface area contributed by atoms with E-state index in [0.29, 0.717) is 0 Å². The summed E-state index contributed by atoms with van der Waals surface area (Å²) < 4.78 is 0. The molecular formula is C7H13P. The Bertz CT molecular complexity index is 96.6. The van der Waals surface area contributed by atoms with Crippen molar-refractivity contribution < 1.29 is 0 Å². The zero-order valence-electron chi connectivity index (χ0n) is 5.19. The molecule has 1 rings (SSSR count). The van der Waals surface area contributed by atoms with Crippen molar-refractivity contribution in [1.82, 2.24) is 0 Å². The molecule has 0 nitrogen and oxygen atoms in total. The maximum atomic E-state index is 3.95. The molecule has 0 saturated heterocycles. The molecule has 2 unspecified atom stereocenters. The summed E-state index contributed by atoms with van der Waals surface area (Å²) in [6, 6.07) is 0. The van der Waals surface area contributed by atoms with E-state index in [-0.39, 0.29) is 0 Å². The first kappa shape index (κ1) is 6.29. The van der Waals surface area contributed by atoms with Crippen LogP contribution in [-0.4, -0.2) is 5.66 Å². The molecule has 0 bridgehead atoms. The standard InChI is InChI=1S/C7H13P/c1-6-3-2-4-7(8)5-6/h7H,1-5,8H2. The second-order valence-corrected chi connectivity index (χ2v) is 3.55. The SMILES string of the molecule is C=C1CCCC(P)C1. The fourth-order valence-corrected chi connectivity index (χ4v) is 1.76. The molecule has 0 aliphatic heterocycles. The summed E-state index contributed by atoms with van der Waals surface area (Å²) in [7, 11) is 2.87. The summed E-state index contributed by atoms with van der Waals surface area (Å²) in [4.78, 5) is 0. The van der Waals surface area contributed by atoms with Crippen molar-refractivity contribution in [1.29, 1.82) is 0 Å². The van der Waals surface area contributed by atoms with Gasteiger partial charge in [-0.3, -0.25) is 0 Å². The van der Waals surface area contributed by atoms with Crippen molar-refractivity contribution in [3.05, 3.63) is 12.2 Å². The van der Waals surface area contributed by atoms with Crippen molar-refractivity contribution in [2.45, 2.75) is 31.3 Å². The highest BCUT2D eigenvalue weighted by Gasteiger charge is 2.09. The summed E-state index contributed by atoms with van der Waals surface area (Å²) in [5.74, 6) is 0. The predicted molar refractivity (Wildman–Crippen MR) is 41.1 cm³/mol. The van der Waals surface area contributed by atoms with Gasteiger partial charge in [0.2, 0.25) is 0 Å². The summed E-state index contributed by atoms with van der Waals surface area (Å²) in [6.45, 7) is 3.95. The first-order valence-electron chi connectivity index (χ1n) is 3.21. The molecule has 8 heavy (non-hydrogen) atoms. The first-order chi connectivity index (χ1) is 3.79. The minimum Gasteiger partial charge on any atom is -0.134 e. The van der Waals surface area contributed by atoms with E-state index in [2.05, 4.69) is 15.8 Å². The molecule has 0 spiro atoms. The monoisotopic (exact) mass is 128 g/mol. The molecule has 0 amide bonds. The Morgan fingerprint density at radius 1 is 1.62 bits per heavy atom. The van der Waals surface area contributed by atoms with Gasteiger partial charge in [0.05, 0.1) is 0 Å². The number of hydrogen-bond acceptors (Lipinski definition) is 0. The third kappa shape index (κ3) is 1.59. The highest BCUT2D eigenvalue weighted by Crippen LogP contribution is 2.26. The van der Waals surface area contributed by atoms with Gasteiger partial charge >= 0.3 is 0 Å². The van der Waals surface area contributed by atoms with Gasteiger partial charge in [-0.25, -0.2) is 0 Å². The van der Waals surface area contributed by atoms with E-state index in [1.807, 2.05) is 0 Å². The topological polar surface area (TPSA) is 0 Å². The maximum absolute atomic E-state index is 3.95. The van der Waals surface area contributed by atoms with E-state index in [9.17, 15) is 0 Å². The van der Waals surface area contributed by atoms with Crippen LogP contribution >= 0.6 is 9.24 Å². The average Bonchev–Trinajstić information content (AvgIpc) is 1.64. The first-order valence-corrected chi connectivity index (χ1v) is 3.88. The molecule has 0 radical (unpaired) electrons. The van der Waals surface area contributed by atoms with E-state index in [0.717, 1.165) is 5.66 Å².